The monoisotopic (exact) mass is 572 g/mol. The number of phenolic OH excluding ortho intramolecular Hbond substituents is 2. The van der Waals surface area contributed by atoms with E-state index in [-0.39, 0.29) is 22.6 Å². The molecular weight excluding hydrogens is 524 g/mol. The molecule has 0 aliphatic heterocycles. The molecule has 0 aliphatic carbocycles. The lowest BCUT2D eigenvalue weighted by molar-refractivity contribution is 0.101. The third-order valence-corrected chi connectivity index (χ3v) is 7.67. The van der Waals surface area contributed by atoms with Gasteiger partial charge in [0, 0.05) is 0 Å². The van der Waals surface area contributed by atoms with Gasteiger partial charge in [-0.1, -0.05) is 102 Å². The van der Waals surface area contributed by atoms with E-state index in [9.17, 15) is 19.8 Å². The predicted molar refractivity (Wildman–Crippen MR) is 173 cm³/mol. The molecule has 0 aliphatic rings. The van der Waals surface area contributed by atoms with Gasteiger partial charge in [0.2, 0.25) is 0 Å². The van der Waals surface area contributed by atoms with Crippen molar-refractivity contribution in [3.63, 3.8) is 0 Å². The van der Waals surface area contributed by atoms with E-state index < -0.39 is 11.8 Å². The number of hydrogen-bond donors (Lipinski definition) is 4. The average molecular weight is 573 g/mol. The van der Waals surface area contributed by atoms with Crippen molar-refractivity contribution in [2.45, 2.75) is 104 Å². The lowest BCUT2D eigenvalue weighted by Gasteiger charge is -2.14. The number of carbonyl (C=O) groups is 2. The Bertz CT molecular complexity index is 1190. The van der Waals surface area contributed by atoms with Crippen LogP contribution in [0.5, 0.6) is 11.5 Å². The van der Waals surface area contributed by atoms with Crippen LogP contribution in [-0.4, -0.2) is 22.0 Å². The van der Waals surface area contributed by atoms with E-state index >= 15 is 0 Å². The topological polar surface area (TPSA) is 98.7 Å². The molecule has 0 fully saturated rings. The molecule has 0 aromatic heterocycles. The molecule has 3 aromatic carbocycles. The Hall–Kier alpha value is -3.80. The van der Waals surface area contributed by atoms with E-state index in [0.717, 1.165) is 49.7 Å². The van der Waals surface area contributed by atoms with Gasteiger partial charge in [0.1, 0.15) is 11.5 Å². The lowest BCUT2D eigenvalue weighted by Crippen LogP contribution is -2.17. The number of amides is 2. The van der Waals surface area contributed by atoms with Crippen LogP contribution < -0.4 is 10.6 Å². The average Bonchev–Trinajstić information content (AvgIpc) is 2.99. The van der Waals surface area contributed by atoms with Crippen LogP contribution in [-0.2, 0) is 12.8 Å². The van der Waals surface area contributed by atoms with Gasteiger partial charge < -0.3 is 20.8 Å². The highest BCUT2D eigenvalue weighted by molar-refractivity contribution is 6.11. The number of para-hydroxylation sites is 2. The summed E-state index contributed by atoms with van der Waals surface area (Å²) in [5.74, 6) is -1.09. The van der Waals surface area contributed by atoms with Crippen molar-refractivity contribution >= 4 is 23.2 Å². The van der Waals surface area contributed by atoms with Crippen LogP contribution >= 0.6 is 0 Å². The Morgan fingerprint density at radius 3 is 1.33 bits per heavy atom. The smallest absolute Gasteiger partial charge is 0.259 e. The first-order valence-electron chi connectivity index (χ1n) is 15.8. The van der Waals surface area contributed by atoms with Crippen molar-refractivity contribution in [3.05, 3.63) is 82.9 Å². The highest BCUT2D eigenvalue weighted by Crippen LogP contribution is 2.27. The maximum Gasteiger partial charge on any atom is 0.259 e. The number of nitrogens with one attached hydrogen (secondary N) is 2. The third kappa shape index (κ3) is 10.6. The maximum absolute atomic E-state index is 13.2. The molecule has 6 heteroatoms. The van der Waals surface area contributed by atoms with Crippen molar-refractivity contribution in [1.29, 1.82) is 0 Å². The molecule has 2 amide bonds. The van der Waals surface area contributed by atoms with Crippen LogP contribution in [0.2, 0.25) is 0 Å². The number of carbonyl (C=O) groups excluding carboxylic acids is 2. The molecule has 3 aromatic rings. The molecule has 3 rings (SSSR count). The van der Waals surface area contributed by atoms with Gasteiger partial charge in [-0.15, -0.1) is 0 Å². The molecule has 4 N–H and O–H groups in total. The summed E-state index contributed by atoms with van der Waals surface area (Å²) in [4.78, 5) is 26.4. The first-order chi connectivity index (χ1) is 20.4. The Morgan fingerprint density at radius 2 is 0.929 bits per heavy atom. The lowest BCUT2D eigenvalue weighted by atomic mass is 10.0. The van der Waals surface area contributed by atoms with Gasteiger partial charge in [0.25, 0.3) is 11.8 Å². The minimum atomic E-state index is -0.456. The van der Waals surface area contributed by atoms with E-state index in [2.05, 4.69) is 24.5 Å². The SMILES string of the molecule is CCCCCCCCc1ccc(O)c(C(=O)Nc2ccccc2NC(=O)c2cc(CCCCCCCC)ccc2O)c1. The van der Waals surface area contributed by atoms with Gasteiger partial charge in [0.05, 0.1) is 22.5 Å². The van der Waals surface area contributed by atoms with E-state index in [0.29, 0.717) is 11.4 Å². The summed E-state index contributed by atoms with van der Waals surface area (Å²) in [6.45, 7) is 4.41. The molecule has 0 bridgehead atoms. The molecule has 0 unspecified atom stereocenters. The largest absolute Gasteiger partial charge is 0.507 e. The van der Waals surface area contributed by atoms with Gasteiger partial charge in [-0.2, -0.15) is 0 Å². The molecule has 0 spiro atoms. The summed E-state index contributed by atoms with van der Waals surface area (Å²) in [5.41, 5.74) is 3.20. The predicted octanol–water partition coefficient (Wildman–Crippen LogP) is 9.41. The number of hydrogen-bond acceptors (Lipinski definition) is 4. The fourth-order valence-corrected chi connectivity index (χ4v) is 5.14. The van der Waals surface area contributed by atoms with Crippen LogP contribution in [0.15, 0.2) is 60.7 Å². The molecule has 0 radical (unpaired) electrons. The highest BCUT2D eigenvalue weighted by atomic mass is 16.3. The second-order valence-corrected chi connectivity index (χ2v) is 11.2. The molecule has 0 saturated carbocycles. The van der Waals surface area contributed by atoms with Crippen molar-refractivity contribution in [3.8, 4) is 11.5 Å². The molecular formula is C36H48N2O4. The number of benzene rings is 3. The quantitative estimate of drug-likeness (QED) is 0.114. The fourth-order valence-electron chi connectivity index (χ4n) is 5.14. The number of rotatable bonds is 18. The molecule has 42 heavy (non-hydrogen) atoms. The van der Waals surface area contributed by atoms with Crippen molar-refractivity contribution < 1.29 is 19.8 Å². The summed E-state index contributed by atoms with van der Waals surface area (Å²) >= 11 is 0. The van der Waals surface area contributed by atoms with Gasteiger partial charge >= 0.3 is 0 Å². The Labute approximate surface area is 251 Å². The fraction of sp³-hybridized carbons (Fsp3) is 0.444. The first-order valence-corrected chi connectivity index (χ1v) is 15.8. The van der Waals surface area contributed by atoms with Crippen LogP contribution in [0.1, 0.15) is 123 Å². The van der Waals surface area contributed by atoms with Crippen molar-refractivity contribution in [2.75, 3.05) is 10.6 Å². The molecule has 0 saturated heterocycles. The Morgan fingerprint density at radius 1 is 0.548 bits per heavy atom. The van der Waals surface area contributed by atoms with Gasteiger partial charge in [-0.3, -0.25) is 9.59 Å². The zero-order valence-corrected chi connectivity index (χ0v) is 25.4. The van der Waals surface area contributed by atoms with Crippen molar-refractivity contribution in [1.82, 2.24) is 0 Å². The standard InChI is InChI=1S/C36H48N2O4/c1-3-5-7-9-11-13-17-27-21-23-33(39)29(25-27)35(41)37-31-19-15-16-20-32(31)38-36(42)30-26-28(22-24-34(30)40)18-14-12-10-8-6-4-2/h15-16,19-26,39-40H,3-14,17-18H2,1-2H3,(H,37,41)(H,38,42). The van der Waals surface area contributed by atoms with E-state index in [1.807, 2.05) is 12.1 Å². The van der Waals surface area contributed by atoms with E-state index in [4.69, 9.17) is 0 Å². The van der Waals surface area contributed by atoms with Crippen LogP contribution in [0.25, 0.3) is 0 Å². The second-order valence-electron chi connectivity index (χ2n) is 11.2. The highest BCUT2D eigenvalue weighted by Gasteiger charge is 2.17. The zero-order chi connectivity index (χ0) is 30.2. The van der Waals surface area contributed by atoms with E-state index in [1.54, 1.807) is 48.5 Å². The maximum atomic E-state index is 13.2. The summed E-state index contributed by atoms with van der Waals surface area (Å²) < 4.78 is 0. The molecule has 6 nitrogen and oxygen atoms in total. The molecule has 226 valence electrons. The van der Waals surface area contributed by atoms with Gasteiger partial charge in [0.15, 0.2) is 0 Å². The number of phenols is 2. The number of aromatic hydroxyl groups is 2. The summed E-state index contributed by atoms with van der Waals surface area (Å²) in [6, 6.07) is 17.2. The van der Waals surface area contributed by atoms with Gasteiger partial charge in [-0.25, -0.2) is 0 Å². The molecule has 0 atom stereocenters. The van der Waals surface area contributed by atoms with Crippen LogP contribution in [0.4, 0.5) is 11.4 Å². The van der Waals surface area contributed by atoms with Crippen molar-refractivity contribution in [2.24, 2.45) is 0 Å². The minimum absolute atomic E-state index is 0.0900. The number of aryl methyl sites for hydroxylation is 2. The summed E-state index contributed by atoms with van der Waals surface area (Å²) in [6.07, 6.45) is 16.0. The third-order valence-electron chi connectivity index (χ3n) is 7.67. The van der Waals surface area contributed by atoms with Gasteiger partial charge in [-0.05, 0) is 73.2 Å². The van der Waals surface area contributed by atoms with E-state index in [1.165, 1.54) is 51.4 Å². The summed E-state index contributed by atoms with van der Waals surface area (Å²) in [5, 5.41) is 26.5. The number of anilines is 2. The normalized spacial score (nSPS) is 10.9. The minimum Gasteiger partial charge on any atom is -0.507 e. The zero-order valence-electron chi connectivity index (χ0n) is 25.4. The van der Waals surface area contributed by atoms with Crippen LogP contribution in [0.3, 0.4) is 0 Å². The Kier molecular flexibility index (Phi) is 13.9. The first kappa shape index (κ1) is 32.7. The Balaban J connectivity index is 1.63. The second kappa shape index (κ2) is 17.9. The molecule has 0 heterocycles. The number of unbranched alkanes of at least 4 members (excludes halogenated alkanes) is 10. The van der Waals surface area contributed by atoms with Crippen LogP contribution in [0, 0.1) is 0 Å². The summed E-state index contributed by atoms with van der Waals surface area (Å²) in [7, 11) is 0.